The van der Waals surface area contributed by atoms with Crippen molar-refractivity contribution >= 4 is 85.3 Å². The number of nitrogens with one attached hydrogen (secondary N) is 1. The van der Waals surface area contributed by atoms with Gasteiger partial charge in [0.25, 0.3) is 0 Å². The Labute approximate surface area is 138 Å². The average molecular weight is 572 g/mol. The summed E-state index contributed by atoms with van der Waals surface area (Å²) in [7, 11) is 0. The van der Waals surface area contributed by atoms with Crippen LogP contribution in [0.15, 0.2) is 6.07 Å². The van der Waals surface area contributed by atoms with Crippen LogP contribution in [-0.4, -0.2) is 23.5 Å². The van der Waals surface area contributed by atoms with E-state index in [0.29, 0.717) is 12.8 Å². The number of carboxylic acids is 1. The highest BCUT2D eigenvalue weighted by molar-refractivity contribution is 14.1. The minimum absolute atomic E-state index is 0.138. The largest absolute Gasteiger partial charge is 0.478 e. The molecule has 8 heteroatoms. The molecule has 0 saturated heterocycles. The van der Waals surface area contributed by atoms with Crippen LogP contribution in [0.3, 0.4) is 0 Å². The Morgan fingerprint density at radius 2 is 1.88 bits per heavy atom. The molecule has 1 aromatic rings. The van der Waals surface area contributed by atoms with Crippen molar-refractivity contribution in [3.63, 3.8) is 0 Å². The van der Waals surface area contributed by atoms with E-state index in [1.165, 1.54) is 0 Å². The quantitative estimate of drug-likeness (QED) is 0.485. The lowest BCUT2D eigenvalue weighted by Gasteiger charge is -2.12. The van der Waals surface area contributed by atoms with Crippen LogP contribution in [0.5, 0.6) is 0 Å². The van der Waals surface area contributed by atoms with Crippen molar-refractivity contribution in [1.29, 1.82) is 0 Å². The Morgan fingerprint density at radius 1 is 1.29 bits per heavy atom. The molecule has 0 unspecified atom stereocenters. The summed E-state index contributed by atoms with van der Waals surface area (Å²) in [6.45, 7) is -0.138. The number of anilines is 1. The first-order valence-corrected chi connectivity index (χ1v) is 7.52. The highest BCUT2D eigenvalue weighted by atomic mass is 127. The maximum absolute atomic E-state index is 11.3. The lowest BCUT2D eigenvalue weighted by atomic mass is 10.2. The van der Waals surface area contributed by atoms with Gasteiger partial charge < -0.3 is 16.2 Å². The molecule has 17 heavy (non-hydrogen) atoms. The number of halogens is 3. The molecular weight excluding hydrogens is 565 g/mol. The van der Waals surface area contributed by atoms with Crippen LogP contribution in [0.25, 0.3) is 0 Å². The zero-order chi connectivity index (χ0) is 13.2. The second kappa shape index (κ2) is 6.47. The fourth-order valence-corrected chi connectivity index (χ4v) is 5.19. The van der Waals surface area contributed by atoms with Gasteiger partial charge in [-0.1, -0.05) is 0 Å². The fourth-order valence-electron chi connectivity index (χ4n) is 1.09. The number of aromatic carboxylic acids is 1. The van der Waals surface area contributed by atoms with Crippen molar-refractivity contribution in [2.45, 2.75) is 0 Å². The summed E-state index contributed by atoms with van der Waals surface area (Å²) in [5.41, 5.74) is 5.91. The number of nitrogens with two attached hydrogens (primary N) is 1. The van der Waals surface area contributed by atoms with Gasteiger partial charge >= 0.3 is 5.97 Å². The van der Waals surface area contributed by atoms with Gasteiger partial charge in [-0.25, -0.2) is 4.79 Å². The maximum atomic E-state index is 11.3. The molecule has 0 aliphatic rings. The second-order valence-corrected chi connectivity index (χ2v) is 6.36. The van der Waals surface area contributed by atoms with Crippen LogP contribution in [-0.2, 0) is 4.79 Å². The number of rotatable bonds is 3. The first-order valence-electron chi connectivity index (χ1n) is 4.29. The van der Waals surface area contributed by atoms with E-state index in [0.717, 1.165) is 3.57 Å². The number of carbonyl (C=O) groups is 2. The van der Waals surface area contributed by atoms with E-state index >= 15 is 0 Å². The van der Waals surface area contributed by atoms with E-state index in [2.05, 4.69) is 5.32 Å². The summed E-state index contributed by atoms with van der Waals surface area (Å²) in [5, 5.41) is 11.7. The summed E-state index contributed by atoms with van der Waals surface area (Å²) in [6.07, 6.45) is 0. The molecule has 1 aromatic carbocycles. The van der Waals surface area contributed by atoms with Crippen molar-refractivity contribution in [3.8, 4) is 0 Å². The van der Waals surface area contributed by atoms with E-state index in [9.17, 15) is 9.59 Å². The SMILES string of the molecule is NCC(=O)Nc1c(I)cc(I)c(C(=O)O)c1I. The molecule has 0 heterocycles. The zero-order valence-electron chi connectivity index (χ0n) is 8.26. The first kappa shape index (κ1) is 15.4. The number of amides is 1. The van der Waals surface area contributed by atoms with Crippen LogP contribution in [0, 0.1) is 10.7 Å². The van der Waals surface area contributed by atoms with Crippen LogP contribution in [0.4, 0.5) is 5.69 Å². The molecule has 0 spiro atoms. The predicted molar refractivity (Wildman–Crippen MR) is 89.2 cm³/mol. The van der Waals surface area contributed by atoms with Gasteiger partial charge in [0, 0.05) is 7.14 Å². The lowest BCUT2D eigenvalue weighted by molar-refractivity contribution is -0.114. The third-order valence-corrected chi connectivity index (χ3v) is 4.61. The summed E-state index contributed by atoms with van der Waals surface area (Å²) in [6, 6.07) is 1.71. The lowest BCUT2D eigenvalue weighted by Crippen LogP contribution is -2.23. The fraction of sp³-hybridized carbons (Fsp3) is 0.111. The van der Waals surface area contributed by atoms with E-state index in [4.69, 9.17) is 10.8 Å². The number of hydrogen-bond donors (Lipinski definition) is 3. The van der Waals surface area contributed by atoms with Gasteiger partial charge in [0.15, 0.2) is 0 Å². The summed E-state index contributed by atoms with van der Waals surface area (Å²) < 4.78 is 1.92. The molecule has 0 bridgehead atoms. The maximum Gasteiger partial charge on any atom is 0.337 e. The van der Waals surface area contributed by atoms with Crippen molar-refractivity contribution in [3.05, 3.63) is 22.3 Å². The van der Waals surface area contributed by atoms with Crippen molar-refractivity contribution < 1.29 is 14.7 Å². The summed E-state index contributed by atoms with van der Waals surface area (Å²) >= 11 is 5.91. The van der Waals surface area contributed by atoms with Gasteiger partial charge in [-0.05, 0) is 73.8 Å². The van der Waals surface area contributed by atoms with E-state index in [-0.39, 0.29) is 18.0 Å². The molecule has 1 rings (SSSR count). The van der Waals surface area contributed by atoms with Gasteiger partial charge in [0.2, 0.25) is 5.91 Å². The molecule has 92 valence electrons. The highest BCUT2D eigenvalue weighted by Crippen LogP contribution is 2.31. The Balaban J connectivity index is 3.35. The smallest absolute Gasteiger partial charge is 0.337 e. The van der Waals surface area contributed by atoms with Gasteiger partial charge in [-0.15, -0.1) is 0 Å². The highest BCUT2D eigenvalue weighted by Gasteiger charge is 2.19. The summed E-state index contributed by atoms with van der Waals surface area (Å²) in [5.74, 6) is -1.36. The summed E-state index contributed by atoms with van der Waals surface area (Å²) in [4.78, 5) is 22.4. The molecule has 0 atom stereocenters. The van der Waals surface area contributed by atoms with Crippen LogP contribution >= 0.6 is 67.8 Å². The van der Waals surface area contributed by atoms with Crippen LogP contribution in [0.2, 0.25) is 0 Å². The first-order chi connectivity index (χ1) is 7.88. The van der Waals surface area contributed by atoms with E-state index in [1.807, 2.05) is 67.8 Å². The third kappa shape index (κ3) is 3.64. The number of carbonyl (C=O) groups excluding carboxylic acids is 1. The minimum Gasteiger partial charge on any atom is -0.478 e. The molecule has 0 aliphatic carbocycles. The van der Waals surface area contributed by atoms with E-state index < -0.39 is 5.97 Å². The van der Waals surface area contributed by atoms with Crippen molar-refractivity contribution in [2.24, 2.45) is 5.73 Å². The molecule has 0 aromatic heterocycles. The van der Waals surface area contributed by atoms with Crippen molar-refractivity contribution in [2.75, 3.05) is 11.9 Å². The second-order valence-electron chi connectivity index (χ2n) is 2.96. The molecule has 0 aliphatic heterocycles. The third-order valence-electron chi connectivity index (χ3n) is 1.83. The van der Waals surface area contributed by atoms with Gasteiger partial charge in [0.05, 0.1) is 21.4 Å². The molecule has 0 saturated carbocycles. The normalized spacial score (nSPS) is 10.1. The molecule has 4 N–H and O–H groups in total. The van der Waals surface area contributed by atoms with Crippen LogP contribution in [0.1, 0.15) is 10.4 Å². The number of hydrogen-bond acceptors (Lipinski definition) is 3. The average Bonchev–Trinajstić information content (AvgIpc) is 2.22. The van der Waals surface area contributed by atoms with Crippen LogP contribution < -0.4 is 11.1 Å². The molecule has 0 radical (unpaired) electrons. The Hall–Kier alpha value is 0.310. The molecule has 1 amide bonds. The van der Waals surface area contributed by atoms with Gasteiger partial charge in [0.1, 0.15) is 0 Å². The number of benzene rings is 1. The minimum atomic E-state index is -1.02. The Kier molecular flexibility index (Phi) is 5.85. The number of carboxylic acid groups (broad SMARTS) is 1. The van der Waals surface area contributed by atoms with Crippen molar-refractivity contribution in [1.82, 2.24) is 0 Å². The predicted octanol–water partition coefficient (Wildman–Crippen LogP) is 2.10. The van der Waals surface area contributed by atoms with E-state index in [1.54, 1.807) is 6.07 Å². The van der Waals surface area contributed by atoms with Gasteiger partial charge in [-0.2, -0.15) is 0 Å². The molecule has 0 fully saturated rings. The van der Waals surface area contributed by atoms with Gasteiger partial charge in [-0.3, -0.25) is 4.79 Å². The Morgan fingerprint density at radius 3 is 2.35 bits per heavy atom. The monoisotopic (exact) mass is 572 g/mol. The zero-order valence-corrected chi connectivity index (χ0v) is 14.7. The molecular formula is C9H7I3N2O3. The standard InChI is InChI=1S/C9H7I3N2O3/c10-3-1-4(11)8(14-5(15)2-13)7(12)6(3)9(16)17/h1H,2,13H2,(H,14,15)(H,16,17). The molecule has 5 nitrogen and oxygen atoms in total. The Bertz CT molecular complexity index is 491. The topological polar surface area (TPSA) is 92.4 Å².